The van der Waals surface area contributed by atoms with Gasteiger partial charge in [0.25, 0.3) is 6.01 Å². The van der Waals surface area contributed by atoms with Crippen molar-refractivity contribution in [3.8, 4) is 0 Å². The molecule has 5 nitrogen and oxygen atoms in total. The molecule has 162 valence electrons. The van der Waals surface area contributed by atoms with Crippen LogP contribution in [0.3, 0.4) is 0 Å². The lowest BCUT2D eigenvalue weighted by Gasteiger charge is -2.12. The normalized spacial score (nSPS) is 12.2. The molecule has 2 N–H and O–H groups in total. The van der Waals surface area contributed by atoms with Gasteiger partial charge in [0, 0.05) is 5.75 Å². The van der Waals surface area contributed by atoms with Gasteiger partial charge in [-0.05, 0) is 12.2 Å². The summed E-state index contributed by atoms with van der Waals surface area (Å²) < 4.78 is 5.05. The third-order valence-corrected chi connectivity index (χ3v) is 6.10. The van der Waals surface area contributed by atoms with Crippen molar-refractivity contribution in [2.24, 2.45) is 0 Å². The van der Waals surface area contributed by atoms with Crippen LogP contribution in [-0.2, 0) is 4.79 Å². The largest absolute Gasteiger partial charge is 0.480 e. The maximum Gasteiger partial charge on any atom is 0.327 e. The molecule has 1 atom stereocenters. The van der Waals surface area contributed by atoms with E-state index in [9.17, 15) is 9.90 Å². The molecule has 1 unspecified atom stereocenters. The van der Waals surface area contributed by atoms with Crippen molar-refractivity contribution in [1.82, 2.24) is 4.98 Å². The minimum atomic E-state index is -0.869. The molecule has 0 fully saturated rings. The maximum atomic E-state index is 11.3. The lowest BCUT2D eigenvalue weighted by molar-refractivity contribution is -0.137. The second-order valence-electron chi connectivity index (χ2n) is 7.54. The fourth-order valence-electron chi connectivity index (χ4n) is 3.22. The molecule has 0 bridgehead atoms. The van der Waals surface area contributed by atoms with Gasteiger partial charge in [0.2, 0.25) is 0 Å². The minimum absolute atomic E-state index is 0.268. The number of nitrogens with one attached hydrogen (secondary N) is 1. The van der Waals surface area contributed by atoms with Gasteiger partial charge in [0.05, 0.1) is 6.20 Å². The monoisotopic (exact) mass is 412 g/mol. The molecule has 0 aliphatic rings. The molecule has 1 aromatic rings. The van der Waals surface area contributed by atoms with Crippen molar-refractivity contribution in [2.75, 3.05) is 16.8 Å². The Morgan fingerprint density at radius 3 is 2.00 bits per heavy atom. The van der Waals surface area contributed by atoms with E-state index in [1.54, 1.807) is 11.8 Å². The molecule has 0 aliphatic heterocycles. The number of hydrogen-bond acceptors (Lipinski definition) is 5. The first-order valence-corrected chi connectivity index (χ1v) is 12.4. The maximum absolute atomic E-state index is 11.3. The summed E-state index contributed by atoms with van der Waals surface area (Å²) in [5.74, 6) is 0.664. The quantitative estimate of drug-likeness (QED) is 0.231. The van der Waals surface area contributed by atoms with Crippen LogP contribution in [0.1, 0.15) is 96.8 Å². The van der Waals surface area contributed by atoms with Gasteiger partial charge in [-0.25, -0.2) is 9.78 Å². The van der Waals surface area contributed by atoms with Crippen LogP contribution in [0.2, 0.25) is 0 Å². The minimum Gasteiger partial charge on any atom is -0.480 e. The van der Waals surface area contributed by atoms with Crippen LogP contribution in [-0.4, -0.2) is 33.6 Å². The number of rotatable bonds is 20. The molecule has 1 heterocycles. The zero-order valence-corrected chi connectivity index (χ0v) is 18.5. The van der Waals surface area contributed by atoms with Crippen LogP contribution in [0.15, 0.2) is 16.9 Å². The number of thioether (sulfide) groups is 1. The highest BCUT2D eigenvalue weighted by molar-refractivity contribution is 7.99. The van der Waals surface area contributed by atoms with Crippen LogP contribution in [0.5, 0.6) is 0 Å². The van der Waals surface area contributed by atoms with E-state index in [1.807, 2.05) is 0 Å². The van der Waals surface area contributed by atoms with Crippen molar-refractivity contribution in [1.29, 1.82) is 0 Å². The summed E-state index contributed by atoms with van der Waals surface area (Å²) >= 11 is 1.68. The molecule has 0 aliphatic carbocycles. The van der Waals surface area contributed by atoms with E-state index in [0.29, 0.717) is 5.75 Å². The Labute approximate surface area is 175 Å². The van der Waals surface area contributed by atoms with Crippen LogP contribution >= 0.6 is 11.8 Å². The van der Waals surface area contributed by atoms with Gasteiger partial charge in [-0.1, -0.05) is 90.4 Å². The fourth-order valence-corrected chi connectivity index (χ4v) is 4.25. The van der Waals surface area contributed by atoms with Gasteiger partial charge in [0.1, 0.15) is 12.3 Å². The van der Waals surface area contributed by atoms with Crippen LogP contribution < -0.4 is 5.32 Å². The van der Waals surface area contributed by atoms with Crippen LogP contribution in [0.25, 0.3) is 0 Å². The second kappa shape index (κ2) is 17.9. The number of nitrogens with zero attached hydrogens (tertiary/aromatic N) is 1. The number of oxazole rings is 1. The molecule has 0 saturated carbocycles. The highest BCUT2D eigenvalue weighted by Crippen LogP contribution is 2.15. The van der Waals surface area contributed by atoms with E-state index in [1.165, 1.54) is 95.9 Å². The Bertz CT molecular complexity index is 468. The molecule has 0 radical (unpaired) electrons. The van der Waals surface area contributed by atoms with E-state index >= 15 is 0 Å². The smallest absolute Gasteiger partial charge is 0.327 e. The predicted octanol–water partition coefficient (Wildman–Crippen LogP) is 6.75. The number of unbranched alkanes of at least 4 members (excludes halogenated alkanes) is 13. The molecular formula is C22H40N2O3S. The topological polar surface area (TPSA) is 75.4 Å². The Balaban J connectivity index is 1.84. The van der Waals surface area contributed by atoms with Gasteiger partial charge in [-0.2, -0.15) is 11.8 Å². The zero-order chi connectivity index (χ0) is 20.3. The summed E-state index contributed by atoms with van der Waals surface area (Å²) in [7, 11) is 0. The number of anilines is 1. The molecule has 0 amide bonds. The molecule has 0 aromatic carbocycles. The third-order valence-electron chi connectivity index (χ3n) is 4.95. The Morgan fingerprint density at radius 1 is 1.00 bits per heavy atom. The number of hydrogen-bond donors (Lipinski definition) is 2. The van der Waals surface area contributed by atoms with Crippen LogP contribution in [0, 0.1) is 0 Å². The highest BCUT2D eigenvalue weighted by atomic mass is 32.2. The number of aromatic nitrogens is 1. The van der Waals surface area contributed by atoms with Gasteiger partial charge in [-0.15, -0.1) is 0 Å². The SMILES string of the molecule is CCCCCCCCCCCCCCCCSCC(Nc1ncco1)C(=O)O. The molecular weight excluding hydrogens is 372 g/mol. The summed E-state index contributed by atoms with van der Waals surface area (Å²) in [5, 5.41) is 12.1. The number of carbonyl (C=O) groups is 1. The number of aliphatic carboxylic acids is 1. The molecule has 28 heavy (non-hydrogen) atoms. The highest BCUT2D eigenvalue weighted by Gasteiger charge is 2.18. The predicted molar refractivity (Wildman–Crippen MR) is 119 cm³/mol. The Hall–Kier alpha value is -1.17. The van der Waals surface area contributed by atoms with Crippen molar-refractivity contribution in [2.45, 2.75) is 103 Å². The van der Waals surface area contributed by atoms with E-state index in [4.69, 9.17) is 4.42 Å². The summed E-state index contributed by atoms with van der Waals surface area (Å²) in [6, 6.07) is -0.389. The fraction of sp³-hybridized carbons (Fsp3) is 0.818. The van der Waals surface area contributed by atoms with E-state index < -0.39 is 12.0 Å². The summed E-state index contributed by atoms with van der Waals surface area (Å²) in [6.07, 6.45) is 22.0. The number of carboxylic acid groups (broad SMARTS) is 1. The summed E-state index contributed by atoms with van der Waals surface area (Å²) in [5.41, 5.74) is 0. The van der Waals surface area contributed by atoms with E-state index in [-0.39, 0.29) is 6.01 Å². The first-order chi connectivity index (χ1) is 13.7. The molecule has 1 aromatic heterocycles. The molecule has 6 heteroatoms. The summed E-state index contributed by atoms with van der Waals surface area (Å²) in [4.78, 5) is 15.2. The van der Waals surface area contributed by atoms with Crippen molar-refractivity contribution in [3.63, 3.8) is 0 Å². The Morgan fingerprint density at radius 2 is 1.54 bits per heavy atom. The second-order valence-corrected chi connectivity index (χ2v) is 8.69. The van der Waals surface area contributed by atoms with Crippen LogP contribution in [0.4, 0.5) is 6.01 Å². The molecule has 1 rings (SSSR count). The Kier molecular flexibility index (Phi) is 15.9. The van der Waals surface area contributed by atoms with Crippen molar-refractivity contribution >= 4 is 23.7 Å². The first-order valence-electron chi connectivity index (χ1n) is 11.2. The average Bonchev–Trinajstić information content (AvgIpc) is 3.19. The van der Waals surface area contributed by atoms with Gasteiger partial charge < -0.3 is 14.8 Å². The van der Waals surface area contributed by atoms with Gasteiger partial charge in [-0.3, -0.25) is 0 Å². The third kappa shape index (κ3) is 13.9. The first kappa shape index (κ1) is 24.9. The van der Waals surface area contributed by atoms with E-state index in [2.05, 4.69) is 17.2 Å². The average molecular weight is 413 g/mol. The lowest BCUT2D eigenvalue weighted by atomic mass is 10.0. The van der Waals surface area contributed by atoms with Gasteiger partial charge in [0.15, 0.2) is 0 Å². The molecule has 0 saturated heterocycles. The zero-order valence-electron chi connectivity index (χ0n) is 17.7. The summed E-state index contributed by atoms with van der Waals surface area (Å²) in [6.45, 7) is 2.27. The number of carboxylic acids is 1. The van der Waals surface area contributed by atoms with Crippen molar-refractivity contribution < 1.29 is 14.3 Å². The molecule has 0 spiro atoms. The lowest BCUT2D eigenvalue weighted by Crippen LogP contribution is -2.31. The van der Waals surface area contributed by atoms with Gasteiger partial charge >= 0.3 is 5.97 Å². The van der Waals surface area contributed by atoms with Crippen molar-refractivity contribution in [3.05, 3.63) is 12.5 Å². The van der Waals surface area contributed by atoms with E-state index in [0.717, 1.165) is 12.2 Å². The standard InChI is InChI=1S/C22H40N2O3S/c1-2-3-4-5-6-7-8-9-10-11-12-13-14-15-18-28-19-20(21(25)26)24-22-23-16-17-27-22/h16-17,20H,2-15,18-19H2,1H3,(H,23,24)(H,25,26).